The number of hydrogen-bond donors (Lipinski definition) is 3. The van der Waals surface area contributed by atoms with Crippen molar-refractivity contribution in [1.82, 2.24) is 0 Å². The van der Waals surface area contributed by atoms with Crippen LogP contribution >= 0.6 is 0 Å². The molecular weight excluding hydrogens is 212 g/mol. The smallest absolute Gasteiger partial charge is 0.424 e. The average Bonchev–Trinajstić information content (AvgIpc) is 2.01. The summed E-state index contributed by atoms with van der Waals surface area (Å²) >= 11 is 0. The van der Waals surface area contributed by atoms with Gasteiger partial charge in [-0.15, -0.1) is 0 Å². The number of carbonyl (C=O) groups excluding carboxylic acids is 2. The number of aliphatic hydroxyl groups is 1. The standard InChI is InChI=1S/C7H8O8/c1-7(14,6(12)13)2-3(8)15-5(11)4(9)10/h14H,2H2,1H3,(H,9,10)(H,12,13). The van der Waals surface area contributed by atoms with Crippen LogP contribution in [0.3, 0.4) is 0 Å². The number of aliphatic carboxylic acids is 2. The summed E-state index contributed by atoms with van der Waals surface area (Å²) in [6.45, 7) is 0.807. The predicted molar refractivity (Wildman–Crippen MR) is 41.6 cm³/mol. The molecule has 0 heterocycles. The van der Waals surface area contributed by atoms with Crippen LogP contribution in [0.4, 0.5) is 0 Å². The highest BCUT2D eigenvalue weighted by Gasteiger charge is 2.34. The summed E-state index contributed by atoms with van der Waals surface area (Å²) in [4.78, 5) is 41.3. The Hall–Kier alpha value is -1.96. The minimum absolute atomic E-state index is 0.807. The van der Waals surface area contributed by atoms with E-state index in [0.29, 0.717) is 0 Å². The van der Waals surface area contributed by atoms with Gasteiger partial charge in [-0.3, -0.25) is 4.79 Å². The number of rotatable bonds is 3. The zero-order valence-electron chi connectivity index (χ0n) is 7.59. The molecule has 8 heteroatoms. The predicted octanol–water partition coefficient (Wildman–Crippen LogP) is -1.63. The molecule has 0 aliphatic carbocycles. The van der Waals surface area contributed by atoms with E-state index in [1.165, 1.54) is 0 Å². The van der Waals surface area contributed by atoms with E-state index >= 15 is 0 Å². The zero-order valence-corrected chi connectivity index (χ0v) is 7.59. The third kappa shape index (κ3) is 4.18. The van der Waals surface area contributed by atoms with E-state index in [0.717, 1.165) is 6.92 Å². The lowest BCUT2D eigenvalue weighted by molar-refractivity contribution is -0.175. The topological polar surface area (TPSA) is 138 Å². The first-order valence-corrected chi connectivity index (χ1v) is 3.60. The van der Waals surface area contributed by atoms with Gasteiger partial charge in [-0.25, -0.2) is 14.4 Å². The van der Waals surface area contributed by atoms with Gasteiger partial charge in [-0.2, -0.15) is 0 Å². The second-order valence-electron chi connectivity index (χ2n) is 2.82. The van der Waals surface area contributed by atoms with Crippen molar-refractivity contribution in [2.75, 3.05) is 0 Å². The maximum absolute atomic E-state index is 10.7. The molecule has 0 saturated heterocycles. The van der Waals surface area contributed by atoms with Gasteiger partial charge in [0.25, 0.3) is 0 Å². The van der Waals surface area contributed by atoms with Gasteiger partial charge in [-0.05, 0) is 6.92 Å². The quantitative estimate of drug-likeness (QED) is 0.292. The van der Waals surface area contributed by atoms with Crippen molar-refractivity contribution in [3.05, 3.63) is 0 Å². The number of carbonyl (C=O) groups is 4. The molecule has 0 aromatic heterocycles. The molecule has 0 saturated carbocycles. The Morgan fingerprint density at radius 3 is 2.00 bits per heavy atom. The molecule has 0 spiro atoms. The lowest BCUT2D eigenvalue weighted by Crippen LogP contribution is -2.38. The third-order valence-corrected chi connectivity index (χ3v) is 1.33. The van der Waals surface area contributed by atoms with Crippen LogP contribution in [0.2, 0.25) is 0 Å². The molecule has 0 rings (SSSR count). The van der Waals surface area contributed by atoms with Gasteiger partial charge in [0.1, 0.15) is 0 Å². The van der Waals surface area contributed by atoms with Crippen molar-refractivity contribution < 1.29 is 39.2 Å². The lowest BCUT2D eigenvalue weighted by Gasteiger charge is -2.15. The van der Waals surface area contributed by atoms with Crippen LogP contribution in [0.1, 0.15) is 13.3 Å². The molecule has 8 nitrogen and oxygen atoms in total. The van der Waals surface area contributed by atoms with Gasteiger partial charge in [0.05, 0.1) is 6.42 Å². The molecule has 0 aliphatic rings. The number of ether oxygens (including phenoxy) is 1. The molecule has 0 aromatic rings. The summed E-state index contributed by atoms with van der Waals surface area (Å²) in [6.07, 6.45) is -1.03. The molecule has 0 aromatic carbocycles. The van der Waals surface area contributed by atoms with Crippen LogP contribution in [-0.4, -0.2) is 44.8 Å². The molecule has 0 radical (unpaired) electrons. The first kappa shape index (κ1) is 13.0. The molecule has 0 aliphatic heterocycles. The highest BCUT2D eigenvalue weighted by atomic mass is 16.6. The monoisotopic (exact) mass is 220 g/mol. The van der Waals surface area contributed by atoms with Crippen molar-refractivity contribution in [3.63, 3.8) is 0 Å². The van der Waals surface area contributed by atoms with E-state index in [-0.39, 0.29) is 0 Å². The highest BCUT2D eigenvalue weighted by molar-refractivity contribution is 6.30. The van der Waals surface area contributed by atoms with E-state index in [9.17, 15) is 19.2 Å². The Bertz CT molecular complexity index is 315. The molecule has 0 amide bonds. The first-order valence-electron chi connectivity index (χ1n) is 3.60. The van der Waals surface area contributed by atoms with Gasteiger partial charge in [0.2, 0.25) is 0 Å². The molecule has 0 fully saturated rings. The summed E-state index contributed by atoms with van der Waals surface area (Å²) in [5.41, 5.74) is -2.41. The van der Waals surface area contributed by atoms with Crippen LogP contribution in [-0.2, 0) is 23.9 Å². The fourth-order valence-corrected chi connectivity index (χ4v) is 0.540. The maximum Gasteiger partial charge on any atom is 0.424 e. The summed E-state index contributed by atoms with van der Waals surface area (Å²) in [5, 5.41) is 25.5. The number of carboxylic acid groups (broad SMARTS) is 2. The molecular formula is C7H8O8. The first-order chi connectivity index (χ1) is 6.66. The van der Waals surface area contributed by atoms with Crippen LogP contribution in [0.15, 0.2) is 0 Å². The van der Waals surface area contributed by atoms with E-state index in [4.69, 9.17) is 15.3 Å². The van der Waals surface area contributed by atoms with E-state index in [1.54, 1.807) is 0 Å². The van der Waals surface area contributed by atoms with Gasteiger partial charge >= 0.3 is 23.9 Å². The van der Waals surface area contributed by atoms with Gasteiger partial charge in [0, 0.05) is 0 Å². The minimum Gasteiger partial charge on any atom is -0.479 e. The van der Waals surface area contributed by atoms with E-state index in [2.05, 4.69) is 4.74 Å². The van der Waals surface area contributed by atoms with Crippen molar-refractivity contribution >= 4 is 23.9 Å². The van der Waals surface area contributed by atoms with Crippen molar-refractivity contribution in [1.29, 1.82) is 0 Å². The number of esters is 2. The molecule has 15 heavy (non-hydrogen) atoms. The molecule has 3 N–H and O–H groups in total. The van der Waals surface area contributed by atoms with Gasteiger partial charge in [-0.1, -0.05) is 0 Å². The number of carboxylic acids is 2. The summed E-state index contributed by atoms with van der Waals surface area (Å²) in [7, 11) is 0. The van der Waals surface area contributed by atoms with Gasteiger partial charge < -0.3 is 20.1 Å². The molecule has 1 atom stereocenters. The van der Waals surface area contributed by atoms with Crippen LogP contribution in [0.5, 0.6) is 0 Å². The van der Waals surface area contributed by atoms with Crippen LogP contribution in [0.25, 0.3) is 0 Å². The fraction of sp³-hybridized carbons (Fsp3) is 0.429. The lowest BCUT2D eigenvalue weighted by atomic mass is 10.0. The van der Waals surface area contributed by atoms with Crippen molar-refractivity contribution in [3.8, 4) is 0 Å². The largest absolute Gasteiger partial charge is 0.479 e. The van der Waals surface area contributed by atoms with Crippen molar-refractivity contribution in [2.24, 2.45) is 0 Å². The summed E-state index contributed by atoms with van der Waals surface area (Å²) < 4.78 is 3.70. The van der Waals surface area contributed by atoms with Crippen LogP contribution in [0, 0.1) is 0 Å². The Labute approximate surface area is 83.1 Å². The molecule has 84 valence electrons. The Morgan fingerprint density at radius 2 is 1.67 bits per heavy atom. The van der Waals surface area contributed by atoms with Crippen molar-refractivity contribution in [2.45, 2.75) is 18.9 Å². The zero-order chi connectivity index (χ0) is 12.2. The Kier molecular flexibility index (Phi) is 3.92. The number of hydrogen-bond acceptors (Lipinski definition) is 6. The fourth-order valence-electron chi connectivity index (χ4n) is 0.540. The SMILES string of the molecule is CC(O)(CC(=O)OC(=O)C(=O)O)C(=O)O. The molecule has 1 unspecified atom stereocenters. The second kappa shape index (κ2) is 4.51. The maximum atomic E-state index is 10.7. The second-order valence-corrected chi connectivity index (χ2v) is 2.82. The van der Waals surface area contributed by atoms with E-state index < -0.39 is 35.9 Å². The van der Waals surface area contributed by atoms with Gasteiger partial charge in [0.15, 0.2) is 5.60 Å². The van der Waals surface area contributed by atoms with Crippen LogP contribution < -0.4 is 0 Å². The average molecular weight is 220 g/mol. The summed E-state index contributed by atoms with van der Waals surface area (Å²) in [6, 6.07) is 0. The third-order valence-electron chi connectivity index (χ3n) is 1.33. The molecule has 0 bridgehead atoms. The normalized spacial score (nSPS) is 13.7. The Balaban J connectivity index is 4.34. The highest BCUT2D eigenvalue weighted by Crippen LogP contribution is 2.10. The minimum atomic E-state index is -2.41. The summed E-state index contributed by atoms with van der Waals surface area (Å²) in [5.74, 6) is -6.95. The Morgan fingerprint density at radius 1 is 1.20 bits per heavy atom. The van der Waals surface area contributed by atoms with E-state index in [1.807, 2.05) is 0 Å².